The molecule has 0 saturated carbocycles. The van der Waals surface area contributed by atoms with Gasteiger partial charge in [0.05, 0.1) is 13.2 Å². The van der Waals surface area contributed by atoms with Gasteiger partial charge in [0.2, 0.25) is 5.91 Å². The number of hydrogen-bond acceptors (Lipinski definition) is 5. The quantitative estimate of drug-likeness (QED) is 0.570. The number of carbonyl (C=O) groups is 3. The summed E-state index contributed by atoms with van der Waals surface area (Å²) in [4.78, 5) is 38.0. The fourth-order valence-corrected chi connectivity index (χ4v) is 3.34. The molecule has 1 saturated heterocycles. The lowest BCUT2D eigenvalue weighted by Gasteiger charge is -2.14. The number of nitrogens with zero attached hydrogens (tertiary/aromatic N) is 1. The fourth-order valence-electron chi connectivity index (χ4n) is 3.34. The molecular weight excluding hydrogens is 398 g/mol. The van der Waals surface area contributed by atoms with E-state index in [1.807, 2.05) is 38.1 Å². The Bertz CT molecular complexity index is 932. The molecule has 1 unspecified atom stereocenters. The first-order valence-corrected chi connectivity index (χ1v) is 10.4. The second-order valence-corrected chi connectivity index (χ2v) is 6.96. The first kappa shape index (κ1) is 22.1. The zero-order valence-corrected chi connectivity index (χ0v) is 17.7. The molecule has 0 bridgehead atoms. The monoisotopic (exact) mass is 425 g/mol. The van der Waals surface area contributed by atoms with Crippen LogP contribution < -0.4 is 20.1 Å². The van der Waals surface area contributed by atoms with Crippen molar-refractivity contribution in [2.45, 2.75) is 26.3 Å². The standard InChI is InChI=1S/C23H27N3O5/c1-3-30-18-11-10-16(14-19(18)31-4-2)12-13-24-20(27)15-26-22(28)21(25-23(26)29)17-8-6-5-7-9-17/h5-11,14,21H,3-4,12-13,15H2,1-2H3,(H,24,27)(H,25,29). The number of hydrogen-bond donors (Lipinski definition) is 2. The van der Waals surface area contributed by atoms with Crippen LogP contribution in [0.25, 0.3) is 0 Å². The van der Waals surface area contributed by atoms with Crippen LogP contribution in [0.1, 0.15) is 31.0 Å². The summed E-state index contributed by atoms with van der Waals surface area (Å²) in [5.41, 5.74) is 1.66. The van der Waals surface area contributed by atoms with Gasteiger partial charge in [-0.1, -0.05) is 36.4 Å². The average molecular weight is 425 g/mol. The van der Waals surface area contributed by atoms with Crippen LogP contribution in [0.3, 0.4) is 0 Å². The molecule has 3 rings (SSSR count). The van der Waals surface area contributed by atoms with E-state index in [1.54, 1.807) is 24.3 Å². The van der Waals surface area contributed by atoms with Gasteiger partial charge >= 0.3 is 6.03 Å². The topological polar surface area (TPSA) is 97.0 Å². The van der Waals surface area contributed by atoms with Crippen molar-refractivity contribution >= 4 is 17.8 Å². The summed E-state index contributed by atoms with van der Waals surface area (Å²) in [7, 11) is 0. The highest BCUT2D eigenvalue weighted by Crippen LogP contribution is 2.28. The third-order valence-corrected chi connectivity index (χ3v) is 4.80. The largest absolute Gasteiger partial charge is 0.490 e. The van der Waals surface area contributed by atoms with Crippen molar-refractivity contribution < 1.29 is 23.9 Å². The molecule has 1 atom stereocenters. The minimum Gasteiger partial charge on any atom is -0.490 e. The molecule has 164 valence electrons. The SMILES string of the molecule is CCOc1ccc(CCNC(=O)CN2C(=O)NC(c3ccccc3)C2=O)cc1OCC. The van der Waals surface area contributed by atoms with Gasteiger partial charge in [0.1, 0.15) is 12.6 Å². The molecule has 1 fully saturated rings. The summed E-state index contributed by atoms with van der Waals surface area (Å²) in [6, 6.07) is 13.3. The van der Waals surface area contributed by atoms with Crippen LogP contribution in [-0.2, 0) is 16.0 Å². The summed E-state index contributed by atoms with van der Waals surface area (Å²) in [6.07, 6.45) is 0.574. The molecule has 4 amide bonds. The molecule has 0 aliphatic carbocycles. The Morgan fingerprint density at radius 3 is 2.45 bits per heavy atom. The molecule has 0 spiro atoms. The van der Waals surface area contributed by atoms with Crippen LogP contribution in [0.5, 0.6) is 11.5 Å². The molecular formula is C23H27N3O5. The Morgan fingerprint density at radius 1 is 1.03 bits per heavy atom. The smallest absolute Gasteiger partial charge is 0.325 e. The minimum absolute atomic E-state index is 0.318. The van der Waals surface area contributed by atoms with E-state index in [0.717, 1.165) is 10.5 Å². The predicted octanol–water partition coefficient (Wildman–Crippen LogP) is 2.44. The second-order valence-electron chi connectivity index (χ2n) is 6.96. The van der Waals surface area contributed by atoms with E-state index in [9.17, 15) is 14.4 Å². The van der Waals surface area contributed by atoms with Gasteiger partial charge in [0, 0.05) is 6.54 Å². The summed E-state index contributed by atoms with van der Waals surface area (Å²) < 4.78 is 11.2. The van der Waals surface area contributed by atoms with Crippen LogP contribution >= 0.6 is 0 Å². The number of rotatable bonds is 10. The molecule has 1 heterocycles. The lowest BCUT2D eigenvalue weighted by molar-refractivity contribution is -0.132. The van der Waals surface area contributed by atoms with E-state index < -0.39 is 23.9 Å². The van der Waals surface area contributed by atoms with Gasteiger partial charge in [0.25, 0.3) is 5.91 Å². The first-order chi connectivity index (χ1) is 15.0. The molecule has 2 N–H and O–H groups in total. The molecule has 1 aliphatic heterocycles. The molecule has 0 aromatic heterocycles. The van der Waals surface area contributed by atoms with Gasteiger partial charge < -0.3 is 20.1 Å². The van der Waals surface area contributed by atoms with Crippen molar-refractivity contribution in [2.24, 2.45) is 0 Å². The Morgan fingerprint density at radius 2 is 1.74 bits per heavy atom. The normalized spacial score (nSPS) is 15.5. The third-order valence-electron chi connectivity index (χ3n) is 4.80. The lowest BCUT2D eigenvalue weighted by atomic mass is 10.1. The van der Waals surface area contributed by atoms with Gasteiger partial charge in [-0.05, 0) is 43.5 Å². The summed E-state index contributed by atoms with van der Waals surface area (Å²) in [5, 5.41) is 5.38. The number of nitrogens with one attached hydrogen (secondary N) is 2. The molecule has 1 aliphatic rings. The van der Waals surface area contributed by atoms with E-state index in [2.05, 4.69) is 10.6 Å². The summed E-state index contributed by atoms with van der Waals surface area (Å²) in [5.74, 6) is 0.524. The fraction of sp³-hybridized carbons (Fsp3) is 0.348. The second kappa shape index (κ2) is 10.5. The predicted molar refractivity (Wildman–Crippen MR) is 115 cm³/mol. The number of imide groups is 1. The molecule has 8 nitrogen and oxygen atoms in total. The zero-order chi connectivity index (χ0) is 22.2. The van der Waals surface area contributed by atoms with E-state index in [0.29, 0.717) is 43.2 Å². The summed E-state index contributed by atoms with van der Waals surface area (Å²) in [6.45, 7) is 4.93. The maximum atomic E-state index is 12.6. The van der Waals surface area contributed by atoms with Crippen LogP contribution in [0, 0.1) is 0 Å². The Balaban J connectivity index is 1.52. The van der Waals surface area contributed by atoms with Crippen molar-refractivity contribution in [3.63, 3.8) is 0 Å². The van der Waals surface area contributed by atoms with Crippen LogP contribution in [0.2, 0.25) is 0 Å². The maximum absolute atomic E-state index is 12.6. The summed E-state index contributed by atoms with van der Waals surface area (Å²) >= 11 is 0. The number of carbonyl (C=O) groups excluding carboxylic acids is 3. The van der Waals surface area contributed by atoms with Gasteiger partial charge in [-0.3, -0.25) is 14.5 Å². The highest BCUT2D eigenvalue weighted by atomic mass is 16.5. The van der Waals surface area contributed by atoms with E-state index >= 15 is 0 Å². The maximum Gasteiger partial charge on any atom is 0.325 e. The van der Waals surface area contributed by atoms with Gasteiger partial charge in [-0.2, -0.15) is 0 Å². The van der Waals surface area contributed by atoms with Crippen LogP contribution in [0.15, 0.2) is 48.5 Å². The average Bonchev–Trinajstić information content (AvgIpc) is 3.04. The Hall–Kier alpha value is -3.55. The first-order valence-electron chi connectivity index (χ1n) is 10.4. The highest BCUT2D eigenvalue weighted by molar-refractivity contribution is 6.06. The number of ether oxygens (including phenoxy) is 2. The lowest BCUT2D eigenvalue weighted by Crippen LogP contribution is -2.41. The van der Waals surface area contributed by atoms with E-state index in [-0.39, 0.29) is 6.54 Å². The molecule has 2 aromatic rings. The van der Waals surface area contributed by atoms with Crippen molar-refractivity contribution in [3.8, 4) is 11.5 Å². The number of urea groups is 1. The number of amides is 4. The zero-order valence-electron chi connectivity index (χ0n) is 17.7. The number of benzene rings is 2. The van der Waals surface area contributed by atoms with Crippen molar-refractivity contribution in [1.82, 2.24) is 15.5 Å². The molecule has 0 radical (unpaired) electrons. The molecule has 8 heteroatoms. The Kier molecular flexibility index (Phi) is 7.48. The van der Waals surface area contributed by atoms with Crippen LogP contribution in [-0.4, -0.2) is 49.0 Å². The van der Waals surface area contributed by atoms with Crippen molar-refractivity contribution in [3.05, 3.63) is 59.7 Å². The van der Waals surface area contributed by atoms with Crippen molar-refractivity contribution in [1.29, 1.82) is 0 Å². The van der Waals surface area contributed by atoms with Gasteiger partial charge in [0.15, 0.2) is 11.5 Å². The van der Waals surface area contributed by atoms with E-state index in [4.69, 9.17) is 9.47 Å². The highest BCUT2D eigenvalue weighted by Gasteiger charge is 2.39. The van der Waals surface area contributed by atoms with Gasteiger partial charge in [-0.25, -0.2) is 4.79 Å². The third kappa shape index (κ3) is 5.53. The van der Waals surface area contributed by atoms with Crippen molar-refractivity contribution in [2.75, 3.05) is 26.3 Å². The Labute approximate surface area is 181 Å². The molecule has 31 heavy (non-hydrogen) atoms. The minimum atomic E-state index is -0.762. The van der Waals surface area contributed by atoms with Crippen LogP contribution in [0.4, 0.5) is 4.79 Å². The molecule has 2 aromatic carbocycles. The van der Waals surface area contributed by atoms with E-state index in [1.165, 1.54) is 0 Å². The van der Waals surface area contributed by atoms with Gasteiger partial charge in [-0.15, -0.1) is 0 Å².